The number of amides is 3. The highest BCUT2D eigenvalue weighted by molar-refractivity contribution is 5.89. The standard InChI is InChI=1S/C9H16N4O6/c1-10-19-5-8(16)12-3-6(14)11-2-7(15)13-4-9(17)18/h10H,2-5H2,1H3,(H,11,14)(H,12,16)(H,13,15)(H,17,18). The number of carbonyl (C=O) groups is 4. The molecule has 0 spiro atoms. The largest absolute Gasteiger partial charge is 0.480 e. The molecule has 0 rings (SSSR count). The van der Waals surface area contributed by atoms with E-state index in [0.29, 0.717) is 0 Å². The molecular weight excluding hydrogens is 260 g/mol. The monoisotopic (exact) mass is 276 g/mol. The van der Waals surface area contributed by atoms with Gasteiger partial charge in [0.2, 0.25) is 17.7 Å². The third-order valence-electron chi connectivity index (χ3n) is 1.68. The van der Waals surface area contributed by atoms with Crippen LogP contribution in [-0.2, 0) is 24.0 Å². The van der Waals surface area contributed by atoms with Crippen molar-refractivity contribution in [3.8, 4) is 0 Å². The molecule has 19 heavy (non-hydrogen) atoms. The number of hydrogen-bond donors (Lipinski definition) is 5. The number of carboxylic acids is 1. The lowest BCUT2D eigenvalue weighted by molar-refractivity contribution is -0.138. The van der Waals surface area contributed by atoms with E-state index in [1.807, 2.05) is 0 Å². The number of aliphatic carboxylic acids is 1. The van der Waals surface area contributed by atoms with Crippen LogP contribution >= 0.6 is 0 Å². The highest BCUT2D eigenvalue weighted by Gasteiger charge is 2.08. The molecule has 0 aromatic carbocycles. The molecule has 10 nitrogen and oxygen atoms in total. The minimum atomic E-state index is -1.18. The van der Waals surface area contributed by atoms with Crippen molar-refractivity contribution in [1.29, 1.82) is 0 Å². The van der Waals surface area contributed by atoms with Gasteiger partial charge in [0.1, 0.15) is 13.2 Å². The van der Waals surface area contributed by atoms with Crippen molar-refractivity contribution in [2.45, 2.75) is 0 Å². The van der Waals surface area contributed by atoms with Crippen molar-refractivity contribution in [2.24, 2.45) is 0 Å². The average Bonchev–Trinajstić information content (AvgIpc) is 2.37. The molecule has 0 atom stereocenters. The number of nitrogens with one attached hydrogen (secondary N) is 4. The van der Waals surface area contributed by atoms with Gasteiger partial charge in [0, 0.05) is 7.05 Å². The van der Waals surface area contributed by atoms with Gasteiger partial charge in [-0.3, -0.25) is 24.0 Å². The van der Waals surface area contributed by atoms with Gasteiger partial charge in [0.25, 0.3) is 0 Å². The molecule has 0 aromatic heterocycles. The lowest BCUT2D eigenvalue weighted by Gasteiger charge is -2.07. The predicted octanol–water partition coefficient (Wildman–Crippen LogP) is -3.43. The highest BCUT2D eigenvalue weighted by atomic mass is 16.6. The van der Waals surface area contributed by atoms with Gasteiger partial charge in [-0.1, -0.05) is 0 Å². The lowest BCUT2D eigenvalue weighted by Crippen LogP contribution is -2.43. The summed E-state index contributed by atoms with van der Waals surface area (Å²) in [7, 11) is 1.48. The van der Waals surface area contributed by atoms with Gasteiger partial charge in [-0.25, -0.2) is 5.48 Å². The molecule has 0 aromatic rings. The topological polar surface area (TPSA) is 146 Å². The number of hydrogen-bond acceptors (Lipinski definition) is 6. The van der Waals surface area contributed by atoms with Crippen LogP contribution in [0.1, 0.15) is 0 Å². The molecule has 0 aliphatic rings. The smallest absolute Gasteiger partial charge is 0.322 e. The molecule has 0 radical (unpaired) electrons. The van der Waals surface area contributed by atoms with E-state index in [4.69, 9.17) is 5.11 Å². The van der Waals surface area contributed by atoms with Crippen LogP contribution in [0.25, 0.3) is 0 Å². The molecule has 10 heteroatoms. The third kappa shape index (κ3) is 10.7. The van der Waals surface area contributed by atoms with Gasteiger partial charge in [-0.05, 0) is 0 Å². The Labute approximate surface area is 108 Å². The first-order valence-corrected chi connectivity index (χ1v) is 5.26. The SMILES string of the molecule is CNOCC(=O)NCC(=O)NCC(=O)NCC(=O)O. The summed E-state index contributed by atoms with van der Waals surface area (Å²) >= 11 is 0. The first-order chi connectivity index (χ1) is 8.95. The summed E-state index contributed by atoms with van der Waals surface area (Å²) in [6.07, 6.45) is 0. The second kappa shape index (κ2) is 9.79. The summed E-state index contributed by atoms with van der Waals surface area (Å²) in [6.45, 7) is -1.44. The quantitative estimate of drug-likeness (QED) is 0.275. The van der Waals surface area contributed by atoms with Gasteiger partial charge in [0.15, 0.2) is 0 Å². The molecule has 5 N–H and O–H groups in total. The lowest BCUT2D eigenvalue weighted by atomic mass is 10.5. The van der Waals surface area contributed by atoms with Gasteiger partial charge >= 0.3 is 5.97 Å². The fourth-order valence-electron chi connectivity index (χ4n) is 0.846. The molecule has 3 amide bonds. The first kappa shape index (κ1) is 16.8. The molecule has 0 saturated carbocycles. The maximum atomic E-state index is 11.2. The van der Waals surface area contributed by atoms with Crippen LogP contribution < -0.4 is 21.4 Å². The van der Waals surface area contributed by atoms with E-state index in [2.05, 4.69) is 26.3 Å². The molecular formula is C9H16N4O6. The molecule has 0 heterocycles. The second-order valence-corrected chi connectivity index (χ2v) is 3.22. The number of hydroxylamine groups is 1. The first-order valence-electron chi connectivity index (χ1n) is 5.26. The van der Waals surface area contributed by atoms with Gasteiger partial charge in [-0.15, -0.1) is 0 Å². The fourth-order valence-corrected chi connectivity index (χ4v) is 0.846. The molecule has 0 saturated heterocycles. The summed E-state index contributed by atoms with van der Waals surface area (Å²) in [4.78, 5) is 47.9. The molecule has 0 unspecified atom stereocenters. The van der Waals surface area contributed by atoms with E-state index in [1.54, 1.807) is 0 Å². The Morgan fingerprint density at radius 3 is 1.84 bits per heavy atom. The zero-order valence-corrected chi connectivity index (χ0v) is 10.3. The van der Waals surface area contributed by atoms with Crippen LogP contribution in [0, 0.1) is 0 Å². The number of carboxylic acid groups (broad SMARTS) is 1. The van der Waals surface area contributed by atoms with Gasteiger partial charge in [-0.2, -0.15) is 0 Å². The summed E-state index contributed by atoms with van der Waals surface area (Å²) in [5.74, 6) is -2.90. The molecule has 0 aliphatic carbocycles. The van der Waals surface area contributed by atoms with Crippen LogP contribution in [0.15, 0.2) is 0 Å². The molecule has 0 bridgehead atoms. The van der Waals surface area contributed by atoms with E-state index in [1.165, 1.54) is 7.05 Å². The average molecular weight is 276 g/mol. The Morgan fingerprint density at radius 2 is 1.37 bits per heavy atom. The van der Waals surface area contributed by atoms with Crippen molar-refractivity contribution in [3.05, 3.63) is 0 Å². The number of rotatable bonds is 9. The summed E-state index contributed by atoms with van der Waals surface area (Å²) in [5.41, 5.74) is 2.29. The molecule has 108 valence electrons. The van der Waals surface area contributed by atoms with Crippen molar-refractivity contribution in [3.63, 3.8) is 0 Å². The van der Waals surface area contributed by atoms with Crippen molar-refractivity contribution < 1.29 is 29.1 Å². The Kier molecular flexibility index (Phi) is 8.66. The van der Waals surface area contributed by atoms with Crippen molar-refractivity contribution in [2.75, 3.05) is 33.3 Å². The van der Waals surface area contributed by atoms with Crippen LogP contribution in [0.4, 0.5) is 0 Å². The van der Waals surface area contributed by atoms with Gasteiger partial charge < -0.3 is 21.1 Å². The van der Waals surface area contributed by atoms with Crippen molar-refractivity contribution >= 4 is 23.7 Å². The Hall–Kier alpha value is -2.20. The molecule has 0 fully saturated rings. The second-order valence-electron chi connectivity index (χ2n) is 3.22. The Bertz CT molecular complexity index is 346. The summed E-state index contributed by atoms with van der Waals surface area (Å²) in [5, 5.41) is 14.8. The van der Waals surface area contributed by atoms with Crippen LogP contribution in [-0.4, -0.2) is 62.1 Å². The zero-order valence-electron chi connectivity index (χ0n) is 10.3. The predicted molar refractivity (Wildman–Crippen MR) is 61.7 cm³/mol. The number of carbonyl (C=O) groups excluding carboxylic acids is 3. The van der Waals surface area contributed by atoms with E-state index in [-0.39, 0.29) is 19.7 Å². The van der Waals surface area contributed by atoms with Crippen LogP contribution in [0.2, 0.25) is 0 Å². The zero-order chi connectivity index (χ0) is 14.7. The third-order valence-corrected chi connectivity index (χ3v) is 1.68. The summed E-state index contributed by atoms with van der Waals surface area (Å²) in [6, 6.07) is 0. The fraction of sp³-hybridized carbons (Fsp3) is 0.556. The minimum Gasteiger partial charge on any atom is -0.480 e. The molecule has 0 aliphatic heterocycles. The Balaban J connectivity index is 3.66. The van der Waals surface area contributed by atoms with Gasteiger partial charge in [0.05, 0.1) is 13.1 Å². The van der Waals surface area contributed by atoms with Crippen molar-refractivity contribution in [1.82, 2.24) is 21.4 Å². The van der Waals surface area contributed by atoms with E-state index >= 15 is 0 Å². The minimum absolute atomic E-state index is 0.247. The van der Waals surface area contributed by atoms with E-state index in [9.17, 15) is 19.2 Å². The van der Waals surface area contributed by atoms with Crippen LogP contribution in [0.5, 0.6) is 0 Å². The van der Waals surface area contributed by atoms with E-state index in [0.717, 1.165) is 0 Å². The Morgan fingerprint density at radius 1 is 0.895 bits per heavy atom. The highest BCUT2D eigenvalue weighted by Crippen LogP contribution is 1.71. The maximum absolute atomic E-state index is 11.2. The van der Waals surface area contributed by atoms with Crippen LogP contribution in [0.3, 0.4) is 0 Å². The summed E-state index contributed by atoms with van der Waals surface area (Å²) < 4.78 is 0. The maximum Gasteiger partial charge on any atom is 0.322 e. The van der Waals surface area contributed by atoms with E-state index < -0.39 is 30.2 Å². The normalized spacial score (nSPS) is 9.53.